The minimum atomic E-state index is -0.573. The SMILES string of the molecule is Cc1[nH]cnc1[C@@H](CC=O)NC(=O)OC(C)(C)C. The van der Waals surface area contributed by atoms with Crippen LogP contribution in [0, 0.1) is 6.92 Å². The van der Waals surface area contributed by atoms with E-state index < -0.39 is 17.7 Å². The van der Waals surface area contributed by atoms with Crippen LogP contribution >= 0.6 is 0 Å². The molecule has 0 fully saturated rings. The number of hydrogen-bond acceptors (Lipinski definition) is 4. The van der Waals surface area contributed by atoms with E-state index >= 15 is 0 Å². The highest BCUT2D eigenvalue weighted by molar-refractivity contribution is 5.69. The van der Waals surface area contributed by atoms with Gasteiger partial charge in [-0.25, -0.2) is 9.78 Å². The molecule has 1 amide bonds. The number of alkyl carbamates (subject to hydrolysis) is 1. The van der Waals surface area contributed by atoms with Crippen molar-refractivity contribution in [1.29, 1.82) is 0 Å². The second-order valence-corrected chi connectivity index (χ2v) is 5.01. The number of hydrogen-bond donors (Lipinski definition) is 2. The summed E-state index contributed by atoms with van der Waals surface area (Å²) >= 11 is 0. The number of H-pyrrole nitrogens is 1. The topological polar surface area (TPSA) is 84.1 Å². The van der Waals surface area contributed by atoms with Crippen molar-refractivity contribution in [3.8, 4) is 0 Å². The zero-order valence-corrected chi connectivity index (χ0v) is 11.1. The third-order valence-corrected chi connectivity index (χ3v) is 2.22. The van der Waals surface area contributed by atoms with Crippen LogP contribution in [0.3, 0.4) is 0 Å². The summed E-state index contributed by atoms with van der Waals surface area (Å²) in [5.41, 5.74) is 0.891. The van der Waals surface area contributed by atoms with Crippen LogP contribution in [0.4, 0.5) is 4.79 Å². The molecular weight excluding hydrogens is 234 g/mol. The van der Waals surface area contributed by atoms with Crippen LogP contribution in [0.1, 0.15) is 44.6 Å². The maximum atomic E-state index is 11.7. The molecule has 18 heavy (non-hydrogen) atoms. The Kier molecular flexibility index (Phi) is 4.47. The van der Waals surface area contributed by atoms with E-state index in [4.69, 9.17) is 4.74 Å². The molecule has 0 radical (unpaired) electrons. The number of imidazole rings is 1. The molecule has 0 bridgehead atoms. The molecule has 0 unspecified atom stereocenters. The lowest BCUT2D eigenvalue weighted by Gasteiger charge is -2.22. The average Bonchev–Trinajstić information content (AvgIpc) is 2.60. The molecule has 1 aromatic rings. The zero-order chi connectivity index (χ0) is 13.8. The van der Waals surface area contributed by atoms with E-state index in [-0.39, 0.29) is 6.42 Å². The third-order valence-electron chi connectivity index (χ3n) is 2.22. The lowest BCUT2D eigenvalue weighted by Crippen LogP contribution is -2.35. The Bertz CT molecular complexity index is 420. The number of nitrogens with zero attached hydrogens (tertiary/aromatic N) is 1. The molecule has 6 nitrogen and oxygen atoms in total. The van der Waals surface area contributed by atoms with Crippen molar-refractivity contribution >= 4 is 12.4 Å². The van der Waals surface area contributed by atoms with Gasteiger partial charge in [0, 0.05) is 12.1 Å². The van der Waals surface area contributed by atoms with Crippen molar-refractivity contribution in [3.05, 3.63) is 17.7 Å². The molecule has 1 rings (SSSR count). The first-order valence-electron chi connectivity index (χ1n) is 5.76. The van der Waals surface area contributed by atoms with E-state index in [1.165, 1.54) is 6.33 Å². The number of aldehydes is 1. The van der Waals surface area contributed by atoms with Gasteiger partial charge in [0.25, 0.3) is 0 Å². The van der Waals surface area contributed by atoms with Crippen molar-refractivity contribution in [1.82, 2.24) is 15.3 Å². The van der Waals surface area contributed by atoms with Gasteiger partial charge >= 0.3 is 6.09 Å². The van der Waals surface area contributed by atoms with Crippen LogP contribution in [0.25, 0.3) is 0 Å². The normalized spacial score (nSPS) is 12.9. The predicted molar refractivity (Wildman–Crippen MR) is 66.1 cm³/mol. The van der Waals surface area contributed by atoms with E-state index in [1.54, 1.807) is 20.8 Å². The molecule has 0 aliphatic heterocycles. The van der Waals surface area contributed by atoms with Gasteiger partial charge in [-0.3, -0.25) is 0 Å². The molecule has 0 spiro atoms. The Morgan fingerprint density at radius 3 is 2.72 bits per heavy atom. The monoisotopic (exact) mass is 253 g/mol. The van der Waals surface area contributed by atoms with Gasteiger partial charge < -0.3 is 19.8 Å². The van der Waals surface area contributed by atoms with E-state index in [9.17, 15) is 9.59 Å². The average molecular weight is 253 g/mol. The third kappa shape index (κ3) is 4.20. The summed E-state index contributed by atoms with van der Waals surface area (Å²) in [4.78, 5) is 29.3. The number of aromatic amines is 1. The molecule has 2 N–H and O–H groups in total. The number of ether oxygens (including phenoxy) is 1. The van der Waals surface area contributed by atoms with Gasteiger partial charge in [0.05, 0.1) is 18.1 Å². The molecule has 0 aliphatic rings. The number of nitrogens with one attached hydrogen (secondary N) is 2. The Labute approximate surface area is 106 Å². The van der Waals surface area contributed by atoms with E-state index in [0.717, 1.165) is 12.0 Å². The minimum absolute atomic E-state index is 0.158. The highest BCUT2D eigenvalue weighted by Gasteiger charge is 2.22. The van der Waals surface area contributed by atoms with Crippen LogP contribution < -0.4 is 5.32 Å². The van der Waals surface area contributed by atoms with Gasteiger partial charge in [0.2, 0.25) is 0 Å². The molecule has 0 aromatic carbocycles. The molecule has 100 valence electrons. The molecule has 1 atom stereocenters. The van der Waals surface area contributed by atoms with Gasteiger partial charge in [-0.05, 0) is 27.7 Å². The predicted octanol–water partition coefficient (Wildman–Crippen LogP) is 1.87. The fourth-order valence-corrected chi connectivity index (χ4v) is 1.51. The van der Waals surface area contributed by atoms with Crippen molar-refractivity contribution in [3.63, 3.8) is 0 Å². The number of aromatic nitrogens is 2. The highest BCUT2D eigenvalue weighted by Crippen LogP contribution is 2.17. The van der Waals surface area contributed by atoms with Crippen molar-refractivity contribution in [2.24, 2.45) is 0 Å². The molecule has 0 aliphatic carbocycles. The van der Waals surface area contributed by atoms with Crippen LogP contribution in [-0.2, 0) is 9.53 Å². The Balaban J connectivity index is 2.73. The number of rotatable bonds is 4. The number of carbonyl (C=O) groups is 2. The zero-order valence-electron chi connectivity index (χ0n) is 11.1. The largest absolute Gasteiger partial charge is 0.444 e. The first kappa shape index (κ1) is 14.2. The summed E-state index contributed by atoms with van der Waals surface area (Å²) in [6, 6.07) is -0.469. The summed E-state index contributed by atoms with van der Waals surface area (Å²) in [6.07, 6.45) is 1.87. The fraction of sp³-hybridized carbons (Fsp3) is 0.583. The van der Waals surface area contributed by atoms with Gasteiger partial charge in [0.15, 0.2) is 0 Å². The van der Waals surface area contributed by atoms with Crippen LogP contribution in [-0.4, -0.2) is 27.9 Å². The van der Waals surface area contributed by atoms with Crippen LogP contribution in [0.5, 0.6) is 0 Å². The van der Waals surface area contributed by atoms with Gasteiger partial charge in [-0.1, -0.05) is 0 Å². The van der Waals surface area contributed by atoms with Crippen molar-refractivity contribution in [2.75, 3.05) is 0 Å². The molecular formula is C12H19N3O3. The van der Waals surface area contributed by atoms with Crippen molar-refractivity contribution in [2.45, 2.75) is 45.8 Å². The first-order valence-corrected chi connectivity index (χ1v) is 5.76. The molecule has 1 aromatic heterocycles. The smallest absolute Gasteiger partial charge is 0.408 e. The number of carbonyl (C=O) groups excluding carboxylic acids is 2. The first-order chi connectivity index (χ1) is 8.33. The van der Waals surface area contributed by atoms with Gasteiger partial charge in [0.1, 0.15) is 11.9 Å². The summed E-state index contributed by atoms with van der Waals surface area (Å²) in [5, 5.41) is 2.64. The Morgan fingerprint density at radius 2 is 2.28 bits per heavy atom. The van der Waals surface area contributed by atoms with Crippen molar-refractivity contribution < 1.29 is 14.3 Å². The molecule has 1 heterocycles. The summed E-state index contributed by atoms with van der Waals surface area (Å²) in [6.45, 7) is 7.17. The lowest BCUT2D eigenvalue weighted by atomic mass is 10.1. The van der Waals surface area contributed by atoms with Crippen LogP contribution in [0.15, 0.2) is 6.33 Å². The fourth-order valence-electron chi connectivity index (χ4n) is 1.51. The standard InChI is InChI=1S/C12H19N3O3/c1-8-10(14-7-13-8)9(5-6-16)15-11(17)18-12(2,3)4/h6-7,9H,5H2,1-4H3,(H,13,14)(H,15,17)/t9-/m1/s1. The summed E-state index contributed by atoms with van der Waals surface area (Å²) < 4.78 is 5.15. The van der Waals surface area contributed by atoms with E-state index in [1.807, 2.05) is 6.92 Å². The molecule has 6 heteroatoms. The lowest BCUT2D eigenvalue weighted by molar-refractivity contribution is -0.108. The maximum Gasteiger partial charge on any atom is 0.408 e. The molecule has 0 saturated heterocycles. The van der Waals surface area contributed by atoms with Crippen LogP contribution in [0.2, 0.25) is 0 Å². The maximum absolute atomic E-state index is 11.7. The van der Waals surface area contributed by atoms with E-state index in [2.05, 4.69) is 15.3 Å². The Hall–Kier alpha value is -1.85. The second-order valence-electron chi connectivity index (χ2n) is 5.01. The quantitative estimate of drug-likeness (QED) is 0.802. The number of amides is 1. The Morgan fingerprint density at radius 1 is 1.61 bits per heavy atom. The highest BCUT2D eigenvalue weighted by atomic mass is 16.6. The second kappa shape index (κ2) is 5.66. The van der Waals surface area contributed by atoms with E-state index in [0.29, 0.717) is 5.69 Å². The minimum Gasteiger partial charge on any atom is -0.444 e. The summed E-state index contributed by atoms with van der Waals surface area (Å²) in [7, 11) is 0. The molecule has 0 saturated carbocycles. The summed E-state index contributed by atoms with van der Waals surface area (Å²) in [5.74, 6) is 0. The number of aryl methyl sites for hydroxylation is 1. The van der Waals surface area contributed by atoms with Gasteiger partial charge in [-0.2, -0.15) is 0 Å². The van der Waals surface area contributed by atoms with Gasteiger partial charge in [-0.15, -0.1) is 0 Å².